The number of tetrazole rings is 1. The third-order valence-electron chi connectivity index (χ3n) is 3.87. The summed E-state index contributed by atoms with van der Waals surface area (Å²) in [6.45, 7) is 2.17. The summed E-state index contributed by atoms with van der Waals surface area (Å²) in [7, 11) is 3.02. The first-order chi connectivity index (χ1) is 12.6. The Morgan fingerprint density at radius 2 is 1.88 bits per heavy atom. The molecule has 0 atom stereocenters. The topological polar surface area (TPSA) is 91.2 Å². The fourth-order valence-corrected chi connectivity index (χ4v) is 2.52. The maximum atomic E-state index is 12.6. The number of nitrogens with zero attached hydrogens (tertiary/aromatic N) is 4. The first-order valence-electron chi connectivity index (χ1n) is 7.97. The lowest BCUT2D eigenvalue weighted by Gasteiger charge is -2.12. The average molecular weight is 353 g/mol. The van der Waals surface area contributed by atoms with Crippen LogP contribution in [0.3, 0.4) is 0 Å². The summed E-state index contributed by atoms with van der Waals surface area (Å²) in [4.78, 5) is 12.6. The van der Waals surface area contributed by atoms with Gasteiger partial charge in [0.25, 0.3) is 5.91 Å². The molecule has 0 saturated carbocycles. The van der Waals surface area contributed by atoms with Crippen LogP contribution in [0.25, 0.3) is 5.69 Å². The molecule has 3 rings (SSSR count). The number of carbonyl (C=O) groups excluding carboxylic acids is 1. The van der Waals surface area contributed by atoms with Crippen LogP contribution in [0.5, 0.6) is 11.5 Å². The van der Waals surface area contributed by atoms with Gasteiger partial charge in [0.15, 0.2) is 17.3 Å². The van der Waals surface area contributed by atoms with E-state index >= 15 is 0 Å². The Hall–Kier alpha value is -3.42. The highest BCUT2D eigenvalue weighted by Gasteiger charge is 2.17. The molecule has 0 fully saturated rings. The van der Waals surface area contributed by atoms with E-state index in [2.05, 4.69) is 20.8 Å². The number of ether oxygens (including phenoxy) is 2. The maximum Gasteiger partial charge on any atom is 0.255 e. The summed E-state index contributed by atoms with van der Waals surface area (Å²) in [6.07, 6.45) is 0. The van der Waals surface area contributed by atoms with E-state index in [0.29, 0.717) is 22.9 Å². The normalized spacial score (nSPS) is 10.4. The molecule has 0 radical (unpaired) electrons. The summed E-state index contributed by atoms with van der Waals surface area (Å²) in [5, 5.41) is 14.5. The van der Waals surface area contributed by atoms with Gasteiger partial charge in [0, 0.05) is 0 Å². The van der Waals surface area contributed by atoms with Crippen molar-refractivity contribution >= 4 is 5.91 Å². The van der Waals surface area contributed by atoms with Gasteiger partial charge in [0.05, 0.1) is 32.0 Å². The molecule has 8 heteroatoms. The Morgan fingerprint density at radius 3 is 2.58 bits per heavy atom. The van der Waals surface area contributed by atoms with Crippen LogP contribution >= 0.6 is 0 Å². The van der Waals surface area contributed by atoms with Gasteiger partial charge in [-0.1, -0.05) is 23.8 Å². The minimum absolute atomic E-state index is 0.167. The number of aryl methyl sites for hydroxylation is 1. The van der Waals surface area contributed by atoms with Crippen LogP contribution in [-0.4, -0.2) is 40.3 Å². The quantitative estimate of drug-likeness (QED) is 0.728. The zero-order valence-electron chi connectivity index (χ0n) is 14.8. The zero-order valence-corrected chi connectivity index (χ0v) is 14.8. The second-order valence-corrected chi connectivity index (χ2v) is 5.57. The lowest BCUT2D eigenvalue weighted by Crippen LogP contribution is -2.25. The Morgan fingerprint density at radius 1 is 1.12 bits per heavy atom. The fraction of sp³-hybridized carbons (Fsp3) is 0.222. The molecule has 26 heavy (non-hydrogen) atoms. The molecule has 1 amide bonds. The SMILES string of the molecule is COc1cccc(C(=O)NCc2nnnn2-c2ccc(C)cc2)c1OC. The molecule has 8 nitrogen and oxygen atoms in total. The van der Waals surface area contributed by atoms with Crippen molar-refractivity contribution in [2.45, 2.75) is 13.5 Å². The predicted molar refractivity (Wildman–Crippen MR) is 94.6 cm³/mol. The summed E-state index contributed by atoms with van der Waals surface area (Å²) in [5.41, 5.74) is 2.34. The van der Waals surface area contributed by atoms with Crippen molar-refractivity contribution in [3.05, 3.63) is 59.4 Å². The van der Waals surface area contributed by atoms with Crippen LogP contribution in [-0.2, 0) is 6.54 Å². The number of carbonyl (C=O) groups is 1. The minimum atomic E-state index is -0.306. The van der Waals surface area contributed by atoms with E-state index in [-0.39, 0.29) is 12.5 Å². The largest absolute Gasteiger partial charge is 0.493 e. The molecule has 1 N–H and O–H groups in total. The van der Waals surface area contributed by atoms with Gasteiger partial charge >= 0.3 is 0 Å². The molecule has 2 aromatic carbocycles. The van der Waals surface area contributed by atoms with Crippen molar-refractivity contribution in [1.29, 1.82) is 0 Å². The number of nitrogens with one attached hydrogen (secondary N) is 1. The van der Waals surface area contributed by atoms with Crippen LogP contribution in [0.1, 0.15) is 21.7 Å². The van der Waals surface area contributed by atoms with E-state index in [0.717, 1.165) is 11.3 Å². The predicted octanol–water partition coefficient (Wildman–Crippen LogP) is 1.92. The lowest BCUT2D eigenvalue weighted by atomic mass is 10.1. The van der Waals surface area contributed by atoms with E-state index in [1.807, 2.05) is 31.2 Å². The van der Waals surface area contributed by atoms with Gasteiger partial charge in [0.2, 0.25) is 0 Å². The van der Waals surface area contributed by atoms with Crippen LogP contribution in [0.4, 0.5) is 0 Å². The van der Waals surface area contributed by atoms with Crippen molar-refractivity contribution < 1.29 is 14.3 Å². The number of hydrogen-bond acceptors (Lipinski definition) is 6. The van der Waals surface area contributed by atoms with Gasteiger partial charge in [0.1, 0.15) is 0 Å². The van der Waals surface area contributed by atoms with Gasteiger partial charge in [-0.05, 0) is 41.6 Å². The Labute approximate surface area is 150 Å². The van der Waals surface area contributed by atoms with Gasteiger partial charge in [-0.15, -0.1) is 5.10 Å². The second kappa shape index (κ2) is 7.64. The molecule has 0 saturated heterocycles. The molecule has 0 aliphatic carbocycles. The first kappa shape index (κ1) is 17.4. The molecule has 0 aliphatic heterocycles. The summed E-state index contributed by atoms with van der Waals surface area (Å²) >= 11 is 0. The highest BCUT2D eigenvalue weighted by Crippen LogP contribution is 2.30. The van der Waals surface area contributed by atoms with Crippen molar-refractivity contribution in [2.24, 2.45) is 0 Å². The van der Waals surface area contributed by atoms with Gasteiger partial charge < -0.3 is 14.8 Å². The van der Waals surface area contributed by atoms with Crippen molar-refractivity contribution in [2.75, 3.05) is 14.2 Å². The molecule has 134 valence electrons. The first-order valence-corrected chi connectivity index (χ1v) is 7.97. The molecule has 0 unspecified atom stereocenters. The highest BCUT2D eigenvalue weighted by atomic mass is 16.5. The standard InChI is InChI=1S/C18H19N5O3/c1-12-7-9-13(10-8-12)23-16(20-21-22-23)11-19-18(24)14-5-4-6-15(25-2)17(14)26-3/h4-10H,11H2,1-3H3,(H,19,24). The third kappa shape index (κ3) is 3.49. The molecule has 0 spiro atoms. The number of hydrogen-bond donors (Lipinski definition) is 1. The molecule has 1 heterocycles. The number of para-hydroxylation sites is 1. The van der Waals surface area contributed by atoms with Gasteiger partial charge in [-0.2, -0.15) is 4.68 Å². The van der Waals surface area contributed by atoms with E-state index in [9.17, 15) is 4.79 Å². The third-order valence-corrected chi connectivity index (χ3v) is 3.87. The highest BCUT2D eigenvalue weighted by molar-refractivity contribution is 5.97. The molecular weight excluding hydrogens is 334 g/mol. The van der Waals surface area contributed by atoms with Crippen molar-refractivity contribution in [3.63, 3.8) is 0 Å². The molecule has 0 bridgehead atoms. The van der Waals surface area contributed by atoms with Gasteiger partial charge in [-0.25, -0.2) is 0 Å². The van der Waals surface area contributed by atoms with E-state index in [1.54, 1.807) is 22.9 Å². The number of benzene rings is 2. The van der Waals surface area contributed by atoms with E-state index < -0.39 is 0 Å². The Kier molecular flexibility index (Phi) is 5.12. The Bertz CT molecular complexity index is 905. The molecular formula is C18H19N5O3. The van der Waals surface area contributed by atoms with Crippen LogP contribution in [0, 0.1) is 6.92 Å². The van der Waals surface area contributed by atoms with E-state index in [4.69, 9.17) is 9.47 Å². The Balaban J connectivity index is 1.77. The average Bonchev–Trinajstić information content (AvgIpc) is 3.14. The summed E-state index contributed by atoms with van der Waals surface area (Å²) in [6, 6.07) is 12.9. The molecule has 1 aromatic heterocycles. The number of rotatable bonds is 6. The van der Waals surface area contributed by atoms with Gasteiger partial charge in [-0.3, -0.25) is 4.79 Å². The summed E-state index contributed by atoms with van der Waals surface area (Å²) in [5.74, 6) is 1.08. The minimum Gasteiger partial charge on any atom is -0.493 e. The second-order valence-electron chi connectivity index (χ2n) is 5.57. The van der Waals surface area contributed by atoms with Crippen molar-refractivity contribution in [1.82, 2.24) is 25.5 Å². The maximum absolute atomic E-state index is 12.6. The summed E-state index contributed by atoms with van der Waals surface area (Å²) < 4.78 is 12.1. The van der Waals surface area contributed by atoms with Crippen LogP contribution < -0.4 is 14.8 Å². The number of aromatic nitrogens is 4. The smallest absolute Gasteiger partial charge is 0.255 e. The zero-order chi connectivity index (χ0) is 18.5. The fourth-order valence-electron chi connectivity index (χ4n) is 2.52. The molecule has 3 aromatic rings. The van der Waals surface area contributed by atoms with Crippen LogP contribution in [0.2, 0.25) is 0 Å². The van der Waals surface area contributed by atoms with Crippen LogP contribution in [0.15, 0.2) is 42.5 Å². The van der Waals surface area contributed by atoms with E-state index in [1.165, 1.54) is 14.2 Å². The number of amides is 1. The monoisotopic (exact) mass is 353 g/mol. The number of methoxy groups -OCH3 is 2. The van der Waals surface area contributed by atoms with Crippen molar-refractivity contribution in [3.8, 4) is 17.2 Å². The molecule has 0 aliphatic rings. The lowest BCUT2D eigenvalue weighted by molar-refractivity contribution is 0.0946.